The molecule has 0 fully saturated rings. The van der Waals surface area contributed by atoms with Crippen molar-refractivity contribution >= 4 is 28.4 Å². The van der Waals surface area contributed by atoms with Gasteiger partial charge in [0.2, 0.25) is 0 Å². The van der Waals surface area contributed by atoms with Crippen LogP contribution < -0.4 is 0 Å². The average Bonchev–Trinajstić information content (AvgIpc) is 3.21. The van der Waals surface area contributed by atoms with E-state index in [0.29, 0.717) is 40.6 Å². The molecule has 0 bridgehead atoms. The van der Waals surface area contributed by atoms with Gasteiger partial charge in [-0.25, -0.2) is 13.8 Å². The third-order valence-electron chi connectivity index (χ3n) is 4.91. The number of pyridine rings is 1. The molecule has 1 aliphatic rings. The fourth-order valence-corrected chi connectivity index (χ4v) is 3.60. The van der Waals surface area contributed by atoms with Crippen LogP contribution in [0.3, 0.4) is 0 Å². The van der Waals surface area contributed by atoms with Crippen LogP contribution in [0.4, 0.5) is 8.78 Å². The lowest BCUT2D eigenvalue weighted by atomic mass is 9.94. The Morgan fingerprint density at radius 1 is 1.26 bits per heavy atom. The first-order chi connectivity index (χ1) is 15.1. The molecule has 5 nitrogen and oxygen atoms in total. The summed E-state index contributed by atoms with van der Waals surface area (Å²) in [5, 5.41) is 0.969. The molecule has 0 saturated carbocycles. The highest BCUT2D eigenvalue weighted by molar-refractivity contribution is 6.30. The zero-order valence-electron chi connectivity index (χ0n) is 16.5. The highest BCUT2D eigenvalue weighted by atomic mass is 35.5. The molecule has 2 aromatic heterocycles. The molecule has 0 saturated heterocycles. The summed E-state index contributed by atoms with van der Waals surface area (Å²) in [6.45, 7) is -1.03. The summed E-state index contributed by atoms with van der Waals surface area (Å²) in [5.74, 6) is -0.279. The van der Waals surface area contributed by atoms with Crippen molar-refractivity contribution in [1.82, 2.24) is 9.97 Å². The van der Waals surface area contributed by atoms with Gasteiger partial charge in [-0.3, -0.25) is 4.79 Å². The molecule has 0 unspecified atom stereocenters. The number of H-pyrrole nitrogens is 1. The average molecular weight is 445 g/mol. The van der Waals surface area contributed by atoms with Crippen LogP contribution in [0.1, 0.15) is 28.8 Å². The van der Waals surface area contributed by atoms with E-state index in [9.17, 15) is 13.6 Å². The van der Waals surface area contributed by atoms with E-state index in [4.69, 9.17) is 21.1 Å². The second kappa shape index (κ2) is 9.31. The minimum atomic E-state index is -0.721. The van der Waals surface area contributed by atoms with Gasteiger partial charge >= 0.3 is 0 Å². The summed E-state index contributed by atoms with van der Waals surface area (Å²) in [6, 6.07) is 7.84. The summed E-state index contributed by atoms with van der Waals surface area (Å²) < 4.78 is 38.3. The van der Waals surface area contributed by atoms with Crippen molar-refractivity contribution in [2.45, 2.75) is 19.4 Å². The monoisotopic (exact) mass is 444 g/mol. The van der Waals surface area contributed by atoms with Crippen LogP contribution in [0, 0.1) is 5.82 Å². The smallest absolute Gasteiger partial charge is 0.195 e. The van der Waals surface area contributed by atoms with Crippen LogP contribution in [0.15, 0.2) is 65.9 Å². The van der Waals surface area contributed by atoms with E-state index in [1.54, 1.807) is 36.7 Å². The molecule has 1 N–H and O–H groups in total. The minimum Gasteiger partial charge on any atom is -0.487 e. The molecule has 0 aliphatic heterocycles. The van der Waals surface area contributed by atoms with E-state index in [1.807, 2.05) is 0 Å². The molecule has 0 radical (unpaired) electrons. The van der Waals surface area contributed by atoms with Crippen molar-refractivity contribution in [2.75, 3.05) is 13.3 Å². The number of Topliss-reactive ketones (excluding diaryl/α,β-unsaturated/α-hetero) is 1. The molecule has 3 aromatic rings. The SMILES string of the molecule is O=C(C1=C(OCCF)C(OCc2ccc(Cl)cc2F)=CCC1)c1c[nH]c2ncccc12. The van der Waals surface area contributed by atoms with E-state index >= 15 is 0 Å². The van der Waals surface area contributed by atoms with Crippen LogP contribution in [0.5, 0.6) is 0 Å². The Labute approximate surface area is 182 Å². The van der Waals surface area contributed by atoms with E-state index in [1.165, 1.54) is 12.1 Å². The molecule has 4 rings (SSSR count). The van der Waals surface area contributed by atoms with Gasteiger partial charge in [-0.15, -0.1) is 0 Å². The van der Waals surface area contributed by atoms with Crippen LogP contribution in [0.25, 0.3) is 11.0 Å². The van der Waals surface area contributed by atoms with Crippen LogP contribution >= 0.6 is 11.6 Å². The number of rotatable bonds is 8. The van der Waals surface area contributed by atoms with Crippen molar-refractivity contribution < 1.29 is 23.0 Å². The normalized spacial score (nSPS) is 14.0. The fourth-order valence-electron chi connectivity index (χ4n) is 3.44. The minimum absolute atomic E-state index is 0.0875. The Balaban J connectivity index is 1.64. The molecule has 0 atom stereocenters. The Morgan fingerprint density at radius 2 is 2.13 bits per heavy atom. The van der Waals surface area contributed by atoms with Crippen LogP contribution in [-0.4, -0.2) is 29.0 Å². The topological polar surface area (TPSA) is 64.2 Å². The number of alkyl halides is 1. The van der Waals surface area contributed by atoms with Gasteiger partial charge in [0, 0.05) is 39.5 Å². The van der Waals surface area contributed by atoms with Gasteiger partial charge in [0.15, 0.2) is 17.3 Å². The van der Waals surface area contributed by atoms with Gasteiger partial charge in [0.1, 0.15) is 31.4 Å². The summed E-state index contributed by atoms with van der Waals surface area (Å²) in [4.78, 5) is 20.5. The predicted octanol–water partition coefficient (Wildman–Crippen LogP) is 5.67. The highest BCUT2D eigenvalue weighted by Gasteiger charge is 2.27. The first kappa shape index (κ1) is 21.1. The summed E-state index contributed by atoms with van der Waals surface area (Å²) in [6.07, 6.45) is 5.93. The van der Waals surface area contributed by atoms with Crippen molar-refractivity contribution in [2.24, 2.45) is 0 Å². The van der Waals surface area contributed by atoms with E-state index in [0.717, 1.165) is 0 Å². The van der Waals surface area contributed by atoms with Crippen LogP contribution in [-0.2, 0) is 16.1 Å². The largest absolute Gasteiger partial charge is 0.487 e. The fraction of sp³-hybridized carbons (Fsp3) is 0.217. The number of aromatic nitrogens is 2. The maximum atomic E-state index is 14.1. The number of ether oxygens (including phenoxy) is 2. The number of nitrogens with zero attached hydrogens (tertiary/aromatic N) is 1. The number of fused-ring (bicyclic) bond motifs is 1. The molecule has 0 spiro atoms. The number of hydrogen-bond acceptors (Lipinski definition) is 4. The van der Waals surface area contributed by atoms with E-state index in [-0.39, 0.29) is 35.5 Å². The van der Waals surface area contributed by atoms with Gasteiger partial charge in [-0.1, -0.05) is 17.7 Å². The number of halogens is 3. The second-order valence-electron chi connectivity index (χ2n) is 6.91. The Hall–Kier alpha value is -3.19. The maximum absolute atomic E-state index is 14.1. The number of ketones is 1. The standard InChI is InChI=1S/C23H19ClF2N2O3/c24-15-7-6-14(19(26)11-15)13-31-20-5-1-3-17(22(20)30-10-8-25)21(29)18-12-28-23-16(18)4-2-9-27-23/h2,4-7,9,11-12H,1,3,8,10,13H2,(H,27,28). The molecule has 160 valence electrons. The van der Waals surface area contributed by atoms with Crippen molar-refractivity contribution in [3.63, 3.8) is 0 Å². The maximum Gasteiger partial charge on any atom is 0.195 e. The van der Waals surface area contributed by atoms with Gasteiger partial charge in [0.25, 0.3) is 0 Å². The third-order valence-corrected chi connectivity index (χ3v) is 5.15. The summed E-state index contributed by atoms with van der Waals surface area (Å²) in [7, 11) is 0. The zero-order chi connectivity index (χ0) is 21.8. The number of aromatic amines is 1. The summed E-state index contributed by atoms with van der Waals surface area (Å²) >= 11 is 5.79. The molecule has 1 aromatic carbocycles. The third kappa shape index (κ3) is 4.46. The van der Waals surface area contributed by atoms with Gasteiger partial charge < -0.3 is 14.5 Å². The van der Waals surface area contributed by atoms with Crippen molar-refractivity contribution in [3.05, 3.63) is 87.9 Å². The second-order valence-corrected chi connectivity index (χ2v) is 7.34. The van der Waals surface area contributed by atoms with Gasteiger partial charge in [-0.2, -0.15) is 0 Å². The highest BCUT2D eigenvalue weighted by Crippen LogP contribution is 2.32. The Kier molecular flexibility index (Phi) is 6.32. The van der Waals surface area contributed by atoms with E-state index in [2.05, 4.69) is 9.97 Å². The van der Waals surface area contributed by atoms with Crippen LogP contribution in [0.2, 0.25) is 5.02 Å². The summed E-state index contributed by atoms with van der Waals surface area (Å²) in [5.41, 5.74) is 1.73. The number of hydrogen-bond donors (Lipinski definition) is 1. The molecular formula is C23H19ClF2N2O3. The Morgan fingerprint density at radius 3 is 2.94 bits per heavy atom. The van der Waals surface area contributed by atoms with Crippen molar-refractivity contribution in [3.8, 4) is 0 Å². The lowest BCUT2D eigenvalue weighted by Crippen LogP contribution is -2.15. The van der Waals surface area contributed by atoms with Crippen molar-refractivity contribution in [1.29, 1.82) is 0 Å². The molecule has 0 amide bonds. The first-order valence-electron chi connectivity index (χ1n) is 9.74. The molecular weight excluding hydrogens is 426 g/mol. The van der Waals surface area contributed by atoms with Gasteiger partial charge in [-0.05, 0) is 43.2 Å². The molecule has 31 heavy (non-hydrogen) atoms. The predicted molar refractivity (Wildman–Crippen MR) is 113 cm³/mol. The molecule has 2 heterocycles. The molecule has 8 heteroatoms. The van der Waals surface area contributed by atoms with Gasteiger partial charge in [0.05, 0.1) is 0 Å². The van der Waals surface area contributed by atoms with E-state index < -0.39 is 12.5 Å². The number of carbonyl (C=O) groups is 1. The molecule has 1 aliphatic carbocycles. The lowest BCUT2D eigenvalue weighted by Gasteiger charge is -2.22. The quantitative estimate of drug-likeness (QED) is 0.454. The number of carbonyl (C=O) groups excluding carboxylic acids is 1. The number of benzene rings is 1. The number of nitrogens with one attached hydrogen (secondary N) is 1. The Bertz CT molecular complexity index is 1190. The first-order valence-corrected chi connectivity index (χ1v) is 10.1. The number of allylic oxidation sites excluding steroid dienone is 2. The zero-order valence-corrected chi connectivity index (χ0v) is 17.2. The lowest BCUT2D eigenvalue weighted by molar-refractivity contribution is 0.0987.